The zero-order valence-corrected chi connectivity index (χ0v) is 13.6. The summed E-state index contributed by atoms with van der Waals surface area (Å²) in [6.45, 7) is 0.0193. The quantitative estimate of drug-likeness (QED) is 0.806. The minimum absolute atomic E-state index is 0.0193. The molecule has 0 saturated carbocycles. The molecule has 0 aromatic carbocycles. The summed E-state index contributed by atoms with van der Waals surface area (Å²) in [7, 11) is -0.443. The molecule has 0 saturated heterocycles. The van der Waals surface area contributed by atoms with E-state index >= 15 is 0 Å². The fourth-order valence-corrected chi connectivity index (χ4v) is 2.40. The number of sulfonamides is 1. The Bertz CT molecular complexity index is 761. The molecule has 2 aromatic rings. The van der Waals surface area contributed by atoms with Crippen LogP contribution in [0.4, 0.5) is 0 Å². The summed E-state index contributed by atoms with van der Waals surface area (Å²) in [4.78, 5) is 24.1. The molecule has 23 heavy (non-hydrogen) atoms. The van der Waals surface area contributed by atoms with Crippen LogP contribution < -0.4 is 5.32 Å². The van der Waals surface area contributed by atoms with Gasteiger partial charge >= 0.3 is 0 Å². The first kappa shape index (κ1) is 17.0. The second kappa shape index (κ2) is 7.25. The van der Waals surface area contributed by atoms with Gasteiger partial charge in [0.25, 0.3) is 5.91 Å². The molecule has 0 aliphatic heterocycles. The van der Waals surface area contributed by atoms with Crippen molar-refractivity contribution in [1.82, 2.24) is 24.6 Å². The van der Waals surface area contributed by atoms with Crippen LogP contribution in [0.5, 0.6) is 0 Å². The number of carbonyl (C=O) groups is 1. The van der Waals surface area contributed by atoms with Crippen molar-refractivity contribution in [3.8, 4) is 11.4 Å². The van der Waals surface area contributed by atoms with E-state index in [2.05, 4.69) is 20.3 Å². The van der Waals surface area contributed by atoms with Crippen molar-refractivity contribution in [3.05, 3.63) is 42.5 Å². The molecule has 0 bridgehead atoms. The van der Waals surface area contributed by atoms with Crippen LogP contribution in [-0.2, 0) is 10.0 Å². The van der Waals surface area contributed by atoms with Gasteiger partial charge in [-0.1, -0.05) is 0 Å². The summed E-state index contributed by atoms with van der Waals surface area (Å²) in [5, 5.41) is 2.53. The van der Waals surface area contributed by atoms with Gasteiger partial charge in [-0.15, -0.1) is 0 Å². The second-order valence-corrected chi connectivity index (χ2v) is 7.19. The van der Waals surface area contributed by atoms with E-state index in [1.165, 1.54) is 26.5 Å². The molecule has 0 aliphatic rings. The van der Waals surface area contributed by atoms with Crippen LogP contribution in [0, 0.1) is 0 Å². The minimum atomic E-state index is -3.34. The predicted molar refractivity (Wildman–Crippen MR) is 85.1 cm³/mol. The summed E-state index contributed by atoms with van der Waals surface area (Å²) in [6.07, 6.45) is 6.06. The third kappa shape index (κ3) is 4.54. The monoisotopic (exact) mass is 335 g/mol. The molecule has 0 fully saturated rings. The summed E-state index contributed by atoms with van der Waals surface area (Å²) in [5.41, 5.74) is 1.06. The van der Waals surface area contributed by atoms with E-state index < -0.39 is 15.9 Å². The van der Waals surface area contributed by atoms with Gasteiger partial charge in [0.05, 0.1) is 11.3 Å². The molecule has 0 aliphatic carbocycles. The fraction of sp³-hybridized carbons (Fsp3) is 0.286. The first-order valence-corrected chi connectivity index (χ1v) is 8.42. The van der Waals surface area contributed by atoms with Gasteiger partial charge in [-0.2, -0.15) is 0 Å². The highest BCUT2D eigenvalue weighted by Crippen LogP contribution is 2.12. The lowest BCUT2D eigenvalue weighted by atomic mass is 10.2. The Kier molecular flexibility index (Phi) is 5.35. The van der Waals surface area contributed by atoms with Crippen LogP contribution in [0.3, 0.4) is 0 Å². The first-order chi connectivity index (χ1) is 10.9. The topological polar surface area (TPSA) is 105 Å². The van der Waals surface area contributed by atoms with E-state index in [1.807, 2.05) is 0 Å². The lowest BCUT2D eigenvalue weighted by Gasteiger charge is -2.11. The Morgan fingerprint density at radius 1 is 1.17 bits per heavy atom. The van der Waals surface area contributed by atoms with Gasteiger partial charge in [-0.25, -0.2) is 22.7 Å². The number of carbonyl (C=O) groups excluding carboxylic acids is 1. The lowest BCUT2D eigenvalue weighted by Crippen LogP contribution is -2.34. The molecule has 2 heterocycles. The molecule has 122 valence electrons. The molecule has 0 atom stereocenters. The first-order valence-electron chi connectivity index (χ1n) is 6.81. The van der Waals surface area contributed by atoms with Gasteiger partial charge in [0, 0.05) is 51.0 Å². The highest BCUT2D eigenvalue weighted by Gasteiger charge is 2.14. The molecule has 1 amide bonds. The number of aromatic nitrogens is 3. The van der Waals surface area contributed by atoms with Crippen molar-refractivity contribution in [3.63, 3.8) is 0 Å². The number of pyridine rings is 1. The zero-order chi connectivity index (χ0) is 16.9. The van der Waals surface area contributed by atoms with Crippen LogP contribution in [0.2, 0.25) is 0 Å². The van der Waals surface area contributed by atoms with Gasteiger partial charge in [-0.3, -0.25) is 9.78 Å². The number of nitrogens with one attached hydrogen (secondary N) is 1. The average Bonchev–Trinajstić information content (AvgIpc) is 2.55. The average molecular weight is 335 g/mol. The second-order valence-electron chi connectivity index (χ2n) is 4.89. The van der Waals surface area contributed by atoms with Gasteiger partial charge in [0.15, 0.2) is 5.82 Å². The number of hydrogen-bond acceptors (Lipinski definition) is 6. The summed E-state index contributed by atoms with van der Waals surface area (Å²) >= 11 is 0. The number of nitrogens with zero attached hydrogens (tertiary/aromatic N) is 4. The molecule has 8 nitrogen and oxygen atoms in total. The lowest BCUT2D eigenvalue weighted by molar-refractivity contribution is 0.0955. The van der Waals surface area contributed by atoms with E-state index in [0.29, 0.717) is 5.82 Å². The minimum Gasteiger partial charge on any atom is -0.351 e. The third-order valence-corrected chi connectivity index (χ3v) is 4.89. The molecular formula is C14H17N5O3S. The van der Waals surface area contributed by atoms with Crippen LogP contribution in [-0.4, -0.2) is 60.0 Å². The Hall–Kier alpha value is -2.39. The molecule has 9 heteroatoms. The maximum absolute atomic E-state index is 11.9. The maximum Gasteiger partial charge on any atom is 0.254 e. The van der Waals surface area contributed by atoms with Crippen molar-refractivity contribution < 1.29 is 13.2 Å². The van der Waals surface area contributed by atoms with Crippen LogP contribution in [0.1, 0.15) is 10.4 Å². The molecule has 0 spiro atoms. The van der Waals surface area contributed by atoms with E-state index in [-0.39, 0.29) is 17.9 Å². The highest BCUT2D eigenvalue weighted by atomic mass is 32.2. The van der Waals surface area contributed by atoms with E-state index in [1.54, 1.807) is 24.5 Å². The summed E-state index contributed by atoms with van der Waals surface area (Å²) < 4.78 is 24.3. The molecule has 1 N–H and O–H groups in total. The smallest absolute Gasteiger partial charge is 0.254 e. The van der Waals surface area contributed by atoms with E-state index in [4.69, 9.17) is 0 Å². The van der Waals surface area contributed by atoms with Crippen molar-refractivity contribution in [2.75, 3.05) is 26.4 Å². The zero-order valence-electron chi connectivity index (χ0n) is 12.8. The maximum atomic E-state index is 11.9. The van der Waals surface area contributed by atoms with E-state index in [0.717, 1.165) is 9.87 Å². The molecule has 0 radical (unpaired) electrons. The van der Waals surface area contributed by atoms with Crippen molar-refractivity contribution >= 4 is 15.9 Å². The Balaban J connectivity index is 1.96. The van der Waals surface area contributed by atoms with Crippen LogP contribution in [0.15, 0.2) is 36.9 Å². The Morgan fingerprint density at radius 2 is 1.78 bits per heavy atom. The normalized spacial score (nSPS) is 11.4. The van der Waals surface area contributed by atoms with Crippen molar-refractivity contribution in [2.24, 2.45) is 0 Å². The molecule has 2 rings (SSSR count). The van der Waals surface area contributed by atoms with E-state index in [9.17, 15) is 13.2 Å². The molecule has 2 aromatic heterocycles. The Labute approximate surface area is 134 Å². The molecule has 0 unspecified atom stereocenters. The number of rotatable bonds is 6. The summed E-state index contributed by atoms with van der Waals surface area (Å²) in [6, 6.07) is 3.53. The van der Waals surface area contributed by atoms with Gasteiger partial charge in [0.2, 0.25) is 10.0 Å². The van der Waals surface area contributed by atoms with Gasteiger partial charge in [-0.05, 0) is 12.1 Å². The fourth-order valence-electron chi connectivity index (χ4n) is 1.67. The Morgan fingerprint density at radius 3 is 2.35 bits per heavy atom. The largest absolute Gasteiger partial charge is 0.351 e. The number of hydrogen-bond donors (Lipinski definition) is 1. The van der Waals surface area contributed by atoms with Crippen molar-refractivity contribution in [1.29, 1.82) is 0 Å². The van der Waals surface area contributed by atoms with Crippen LogP contribution >= 0.6 is 0 Å². The van der Waals surface area contributed by atoms with Crippen LogP contribution in [0.25, 0.3) is 11.4 Å². The standard InChI is InChI=1S/C14H17N5O3S/c1-19(2)23(21,22)8-7-16-14(20)12-9-17-13(18-10-12)11-3-5-15-6-4-11/h3-6,9-10H,7-8H2,1-2H3,(H,16,20). The van der Waals surface area contributed by atoms with Crippen molar-refractivity contribution in [2.45, 2.75) is 0 Å². The predicted octanol–water partition coefficient (Wildman–Crippen LogP) is 0.160. The third-order valence-electron chi connectivity index (χ3n) is 3.05. The summed E-state index contributed by atoms with van der Waals surface area (Å²) in [5.74, 6) is -0.0961. The highest BCUT2D eigenvalue weighted by molar-refractivity contribution is 7.89. The molecular weight excluding hydrogens is 318 g/mol. The van der Waals surface area contributed by atoms with Gasteiger partial charge < -0.3 is 5.32 Å². The van der Waals surface area contributed by atoms with Gasteiger partial charge in [0.1, 0.15) is 0 Å². The number of amides is 1. The SMILES string of the molecule is CN(C)S(=O)(=O)CCNC(=O)c1cnc(-c2ccncc2)nc1.